The minimum Gasteiger partial charge on any atom is -0.463 e. The highest BCUT2D eigenvalue weighted by Crippen LogP contribution is 2.28. The topological polar surface area (TPSA) is 95.9 Å². The number of benzene rings is 1. The van der Waals surface area contributed by atoms with E-state index in [9.17, 15) is 19.5 Å². The lowest BCUT2D eigenvalue weighted by molar-refractivity contribution is -0.150. The minimum atomic E-state index is -0.491. The number of nitrogens with one attached hydrogen (secondary N) is 1. The van der Waals surface area contributed by atoms with Crippen LogP contribution in [0.4, 0.5) is 0 Å². The number of allylic oxidation sites excluding steroid dienone is 2. The molecule has 3 aliphatic rings. The average Bonchev–Trinajstić information content (AvgIpc) is 3.42. The first-order chi connectivity index (χ1) is 18.5. The molecular weight excluding hydrogens is 480 g/mol. The van der Waals surface area contributed by atoms with Crippen molar-refractivity contribution in [1.82, 2.24) is 10.2 Å². The van der Waals surface area contributed by atoms with Gasteiger partial charge in [-0.05, 0) is 50.0 Å². The van der Waals surface area contributed by atoms with E-state index >= 15 is 0 Å². The summed E-state index contributed by atoms with van der Waals surface area (Å²) in [6, 6.07) is 9.57. The normalized spacial score (nSPS) is 27.8. The van der Waals surface area contributed by atoms with Crippen LogP contribution < -0.4 is 5.32 Å². The molecule has 4 atom stereocenters. The van der Waals surface area contributed by atoms with Crippen LogP contribution in [-0.4, -0.2) is 59.6 Å². The number of amides is 2. The predicted octanol–water partition coefficient (Wildman–Crippen LogP) is 4.18. The highest BCUT2D eigenvalue weighted by atomic mass is 16.5. The molecule has 208 valence electrons. The number of hydrogen-bond acceptors (Lipinski definition) is 5. The Balaban J connectivity index is 1.49. The highest BCUT2D eigenvalue weighted by Gasteiger charge is 2.33. The van der Waals surface area contributed by atoms with Crippen LogP contribution in [0.5, 0.6) is 0 Å². The molecule has 7 heteroatoms. The van der Waals surface area contributed by atoms with Gasteiger partial charge in [0.25, 0.3) is 0 Å². The second-order valence-corrected chi connectivity index (χ2v) is 11.4. The molecule has 0 radical (unpaired) electrons. The van der Waals surface area contributed by atoms with Crippen molar-refractivity contribution in [2.75, 3.05) is 19.8 Å². The monoisotopic (exact) mass is 524 g/mol. The van der Waals surface area contributed by atoms with Gasteiger partial charge in [-0.2, -0.15) is 0 Å². The molecule has 1 aromatic rings. The molecule has 4 rings (SSSR count). The molecule has 1 saturated heterocycles. The van der Waals surface area contributed by atoms with Crippen molar-refractivity contribution in [2.45, 2.75) is 89.1 Å². The van der Waals surface area contributed by atoms with Crippen LogP contribution >= 0.6 is 0 Å². The summed E-state index contributed by atoms with van der Waals surface area (Å²) in [5.74, 6) is -0.724. The molecule has 1 aliphatic carbocycles. The third kappa shape index (κ3) is 8.16. The molecule has 0 unspecified atom stereocenters. The van der Waals surface area contributed by atoms with E-state index in [-0.39, 0.29) is 55.4 Å². The molecule has 0 aromatic heterocycles. The molecule has 2 fully saturated rings. The first kappa shape index (κ1) is 28.3. The Hall–Kier alpha value is -2.67. The van der Waals surface area contributed by atoms with Gasteiger partial charge < -0.3 is 20.1 Å². The Morgan fingerprint density at radius 2 is 1.71 bits per heavy atom. The van der Waals surface area contributed by atoms with E-state index < -0.39 is 5.92 Å². The van der Waals surface area contributed by atoms with Gasteiger partial charge in [0, 0.05) is 13.0 Å². The van der Waals surface area contributed by atoms with E-state index in [0.717, 1.165) is 37.7 Å². The summed E-state index contributed by atoms with van der Waals surface area (Å²) in [5.41, 5.74) is 1.09. The molecule has 2 aliphatic heterocycles. The zero-order chi connectivity index (χ0) is 26.7. The first-order valence-corrected chi connectivity index (χ1v) is 14.6. The van der Waals surface area contributed by atoms with E-state index in [2.05, 4.69) is 5.32 Å². The van der Waals surface area contributed by atoms with Gasteiger partial charge >= 0.3 is 5.97 Å². The van der Waals surface area contributed by atoms with E-state index in [1.807, 2.05) is 42.5 Å². The van der Waals surface area contributed by atoms with Crippen LogP contribution in [0.25, 0.3) is 0 Å². The van der Waals surface area contributed by atoms with Crippen molar-refractivity contribution >= 4 is 17.8 Å². The quantitative estimate of drug-likeness (QED) is 0.412. The Labute approximate surface area is 227 Å². The Morgan fingerprint density at radius 1 is 0.974 bits per heavy atom. The number of cyclic esters (lactones) is 1. The Kier molecular flexibility index (Phi) is 10.8. The lowest BCUT2D eigenvalue weighted by Crippen LogP contribution is -2.45. The summed E-state index contributed by atoms with van der Waals surface area (Å²) in [7, 11) is 0. The number of carbonyl (C=O) groups is 3. The van der Waals surface area contributed by atoms with Gasteiger partial charge in [0.2, 0.25) is 11.8 Å². The van der Waals surface area contributed by atoms with E-state index in [0.29, 0.717) is 31.7 Å². The molecule has 0 spiro atoms. The Morgan fingerprint density at radius 3 is 2.45 bits per heavy atom. The summed E-state index contributed by atoms with van der Waals surface area (Å²) in [5, 5.41) is 12.8. The van der Waals surface area contributed by atoms with Gasteiger partial charge in [-0.1, -0.05) is 74.6 Å². The third-order valence-electron chi connectivity index (χ3n) is 8.48. The highest BCUT2D eigenvalue weighted by molar-refractivity contribution is 5.86. The number of ether oxygens (including phenoxy) is 1. The minimum absolute atomic E-state index is 0.0415. The second kappa shape index (κ2) is 14.5. The Bertz CT molecular complexity index is 943. The third-order valence-corrected chi connectivity index (χ3v) is 8.48. The summed E-state index contributed by atoms with van der Waals surface area (Å²) >= 11 is 0. The molecule has 38 heavy (non-hydrogen) atoms. The van der Waals surface area contributed by atoms with Crippen LogP contribution in [0.15, 0.2) is 42.5 Å². The molecule has 7 nitrogen and oxygen atoms in total. The summed E-state index contributed by atoms with van der Waals surface area (Å²) in [6.45, 7) is 0.755. The van der Waals surface area contributed by atoms with Crippen molar-refractivity contribution in [2.24, 2.45) is 17.8 Å². The van der Waals surface area contributed by atoms with E-state index in [1.165, 1.54) is 19.3 Å². The first-order valence-electron chi connectivity index (χ1n) is 14.6. The number of aliphatic hydroxyl groups excluding tert-OH is 1. The molecule has 1 aromatic carbocycles. The van der Waals surface area contributed by atoms with E-state index in [4.69, 9.17) is 4.74 Å². The lowest BCUT2D eigenvalue weighted by Gasteiger charge is -2.29. The molecule has 1 saturated carbocycles. The smallest absolute Gasteiger partial charge is 0.309 e. The van der Waals surface area contributed by atoms with Crippen molar-refractivity contribution in [3.05, 3.63) is 48.0 Å². The predicted molar refractivity (Wildman–Crippen MR) is 146 cm³/mol. The number of aliphatic hydroxyl groups is 1. The molecule has 2 amide bonds. The fourth-order valence-corrected chi connectivity index (χ4v) is 6.26. The fraction of sp³-hybridized carbons (Fsp3) is 0.645. The number of likely N-dealkylation sites (tertiary alicyclic amines) is 1. The van der Waals surface area contributed by atoms with Crippen LogP contribution in [0, 0.1) is 17.8 Å². The molecular formula is C31H44N2O5. The number of esters is 1. The van der Waals surface area contributed by atoms with Crippen LogP contribution in [0.1, 0.15) is 76.2 Å². The van der Waals surface area contributed by atoms with Crippen molar-refractivity contribution in [1.29, 1.82) is 0 Å². The van der Waals surface area contributed by atoms with Gasteiger partial charge in [0.05, 0.1) is 30.5 Å². The summed E-state index contributed by atoms with van der Waals surface area (Å²) in [6.07, 6.45) is 14.0. The van der Waals surface area contributed by atoms with Crippen molar-refractivity contribution in [3.63, 3.8) is 0 Å². The number of nitrogens with zero attached hydrogens (tertiary/aromatic N) is 1. The number of hydrogen-bond donors (Lipinski definition) is 2. The summed E-state index contributed by atoms with van der Waals surface area (Å²) in [4.78, 5) is 41.5. The maximum absolute atomic E-state index is 13.5. The molecule has 0 bridgehead atoms. The SMILES string of the molecule is O=C1N[C@@H](CC2CCCCC2)COC(=O)[C@H](Cc2ccccc2)CC=CC[C@@H]1CC(=O)N1CCC[C@H]1CO. The van der Waals surface area contributed by atoms with Crippen LogP contribution in [0.2, 0.25) is 0 Å². The van der Waals surface area contributed by atoms with Gasteiger partial charge in [0.1, 0.15) is 6.61 Å². The van der Waals surface area contributed by atoms with E-state index in [1.54, 1.807) is 4.90 Å². The zero-order valence-electron chi connectivity index (χ0n) is 22.6. The maximum Gasteiger partial charge on any atom is 0.309 e. The van der Waals surface area contributed by atoms with Crippen LogP contribution in [0.3, 0.4) is 0 Å². The lowest BCUT2D eigenvalue weighted by atomic mass is 9.84. The molecule has 2 heterocycles. The zero-order valence-corrected chi connectivity index (χ0v) is 22.6. The van der Waals surface area contributed by atoms with Crippen LogP contribution in [-0.2, 0) is 25.5 Å². The van der Waals surface area contributed by atoms with Crippen molar-refractivity contribution < 1.29 is 24.2 Å². The maximum atomic E-state index is 13.5. The van der Waals surface area contributed by atoms with Gasteiger partial charge in [0.15, 0.2) is 0 Å². The number of carbonyl (C=O) groups excluding carboxylic acids is 3. The number of rotatable bonds is 7. The van der Waals surface area contributed by atoms with Crippen molar-refractivity contribution in [3.8, 4) is 0 Å². The standard InChI is InChI=1S/C31H44N2O5/c34-21-28-16-9-17-33(28)29(35)20-25-14-7-8-15-26(18-23-10-3-1-4-11-23)31(37)38-22-27(32-30(25)36)19-24-12-5-2-6-13-24/h1,3-4,7-8,10-11,24-28,34H,2,5-6,9,12-22H2,(H,32,36)/t25-,26+,27+,28+/m1/s1. The van der Waals surface area contributed by atoms with Gasteiger partial charge in [-0.25, -0.2) is 0 Å². The van der Waals surface area contributed by atoms with Gasteiger partial charge in [-0.3, -0.25) is 14.4 Å². The molecule has 2 N–H and O–H groups in total. The van der Waals surface area contributed by atoms with Gasteiger partial charge in [-0.15, -0.1) is 0 Å². The average molecular weight is 525 g/mol. The fourth-order valence-electron chi connectivity index (χ4n) is 6.26. The summed E-state index contributed by atoms with van der Waals surface area (Å²) < 4.78 is 5.84. The largest absolute Gasteiger partial charge is 0.463 e. The second-order valence-electron chi connectivity index (χ2n) is 11.4.